The van der Waals surface area contributed by atoms with Crippen molar-refractivity contribution in [2.24, 2.45) is 0 Å². The van der Waals surface area contributed by atoms with E-state index in [1.54, 1.807) is 6.20 Å². The number of benzene rings is 2. The fourth-order valence-electron chi connectivity index (χ4n) is 2.74. The zero-order chi connectivity index (χ0) is 19.2. The van der Waals surface area contributed by atoms with E-state index in [4.69, 9.17) is 0 Å². The quantitative estimate of drug-likeness (QED) is 0.544. The molecule has 0 aliphatic carbocycles. The van der Waals surface area contributed by atoms with E-state index in [1.807, 2.05) is 95.8 Å². The molecule has 2 heterocycles. The predicted octanol–water partition coefficient (Wildman–Crippen LogP) is 4.52. The number of hydrogen-bond donors (Lipinski definition) is 1. The summed E-state index contributed by atoms with van der Waals surface area (Å²) in [6, 6.07) is 24.5. The summed E-state index contributed by atoms with van der Waals surface area (Å²) in [5.74, 6) is 5.93. The molecule has 2 aromatic carbocycles. The van der Waals surface area contributed by atoms with Crippen LogP contribution in [0.4, 0.5) is 5.69 Å². The van der Waals surface area contributed by atoms with Gasteiger partial charge in [-0.05, 0) is 72.7 Å². The molecule has 0 unspecified atom stereocenters. The third kappa shape index (κ3) is 4.17. The highest BCUT2D eigenvalue weighted by atomic mass is 16.1. The number of nitrogens with one attached hydrogen (secondary N) is 1. The Morgan fingerprint density at radius 1 is 0.857 bits per heavy atom. The number of rotatable bonds is 3. The van der Waals surface area contributed by atoms with E-state index >= 15 is 0 Å². The van der Waals surface area contributed by atoms with E-state index in [0.717, 1.165) is 11.3 Å². The smallest absolute Gasteiger partial charge is 0.255 e. The molecule has 4 rings (SSSR count). The normalized spacial score (nSPS) is 10.0. The van der Waals surface area contributed by atoms with Crippen LogP contribution in [0.2, 0.25) is 0 Å². The van der Waals surface area contributed by atoms with Crippen LogP contribution < -0.4 is 5.32 Å². The first-order chi connectivity index (χ1) is 13.8. The Balaban J connectivity index is 1.47. The van der Waals surface area contributed by atoms with Crippen molar-refractivity contribution in [3.05, 3.63) is 114 Å². The number of carbonyl (C=O) groups is 1. The molecular weight excluding hydrogens is 346 g/mol. The lowest BCUT2D eigenvalue weighted by Crippen LogP contribution is -2.11. The molecule has 4 heteroatoms. The predicted molar refractivity (Wildman–Crippen MR) is 110 cm³/mol. The van der Waals surface area contributed by atoms with Gasteiger partial charge in [-0.15, -0.1) is 0 Å². The number of hydrogen-bond acceptors (Lipinski definition) is 2. The van der Waals surface area contributed by atoms with Gasteiger partial charge in [-0.3, -0.25) is 4.79 Å². The van der Waals surface area contributed by atoms with E-state index in [9.17, 15) is 4.79 Å². The molecule has 28 heavy (non-hydrogen) atoms. The van der Waals surface area contributed by atoms with Gasteiger partial charge in [-0.25, -0.2) is 4.98 Å². The van der Waals surface area contributed by atoms with Crippen molar-refractivity contribution in [2.45, 2.75) is 0 Å². The summed E-state index contributed by atoms with van der Waals surface area (Å²) in [6.45, 7) is 0. The summed E-state index contributed by atoms with van der Waals surface area (Å²) in [5.41, 5.74) is 3.83. The van der Waals surface area contributed by atoms with Crippen LogP contribution in [0.3, 0.4) is 0 Å². The SMILES string of the molecule is O=C(Nc1cccc(C#Cc2ccccn2)c1)c1ccc(-n2cccc2)cc1. The van der Waals surface area contributed by atoms with Gasteiger partial charge in [-0.2, -0.15) is 0 Å². The number of anilines is 1. The lowest BCUT2D eigenvalue weighted by Gasteiger charge is -2.07. The summed E-state index contributed by atoms with van der Waals surface area (Å²) >= 11 is 0. The fraction of sp³-hybridized carbons (Fsp3) is 0. The largest absolute Gasteiger partial charge is 0.324 e. The van der Waals surface area contributed by atoms with Gasteiger partial charge >= 0.3 is 0 Å². The molecule has 0 aliphatic heterocycles. The van der Waals surface area contributed by atoms with Crippen molar-refractivity contribution >= 4 is 11.6 Å². The van der Waals surface area contributed by atoms with E-state index in [-0.39, 0.29) is 5.91 Å². The Bertz CT molecular complexity index is 1140. The van der Waals surface area contributed by atoms with Crippen molar-refractivity contribution in [1.82, 2.24) is 9.55 Å². The molecule has 0 bridgehead atoms. The molecule has 4 nitrogen and oxygen atoms in total. The second-order valence-corrected chi connectivity index (χ2v) is 6.14. The molecule has 4 aromatic rings. The molecule has 0 fully saturated rings. The molecule has 1 amide bonds. The lowest BCUT2D eigenvalue weighted by molar-refractivity contribution is 0.102. The van der Waals surface area contributed by atoms with E-state index in [0.29, 0.717) is 16.9 Å². The number of nitrogens with zero attached hydrogens (tertiary/aromatic N) is 2. The van der Waals surface area contributed by atoms with Gasteiger partial charge in [0.2, 0.25) is 0 Å². The van der Waals surface area contributed by atoms with Gasteiger partial charge in [0, 0.05) is 41.1 Å². The summed E-state index contributed by atoms with van der Waals surface area (Å²) in [6.07, 6.45) is 5.64. The number of aromatic nitrogens is 2. The first-order valence-electron chi connectivity index (χ1n) is 8.86. The van der Waals surface area contributed by atoms with Crippen LogP contribution in [-0.2, 0) is 0 Å². The minimum Gasteiger partial charge on any atom is -0.324 e. The van der Waals surface area contributed by atoms with E-state index in [2.05, 4.69) is 22.1 Å². The van der Waals surface area contributed by atoms with Crippen LogP contribution in [-0.4, -0.2) is 15.5 Å². The Morgan fingerprint density at radius 2 is 1.68 bits per heavy atom. The highest BCUT2D eigenvalue weighted by Gasteiger charge is 2.06. The van der Waals surface area contributed by atoms with Crippen molar-refractivity contribution in [2.75, 3.05) is 5.32 Å². The average molecular weight is 363 g/mol. The van der Waals surface area contributed by atoms with Crippen LogP contribution in [0.1, 0.15) is 21.6 Å². The maximum absolute atomic E-state index is 12.5. The molecule has 0 radical (unpaired) electrons. The third-order valence-electron chi connectivity index (χ3n) is 4.15. The van der Waals surface area contributed by atoms with Gasteiger partial charge in [-0.1, -0.05) is 18.1 Å². The molecule has 0 spiro atoms. The summed E-state index contributed by atoms with van der Waals surface area (Å²) in [5, 5.41) is 2.92. The minimum atomic E-state index is -0.158. The first kappa shape index (κ1) is 17.3. The van der Waals surface area contributed by atoms with E-state index < -0.39 is 0 Å². The Hall–Kier alpha value is -4.10. The number of amides is 1. The molecule has 0 aliphatic rings. The van der Waals surface area contributed by atoms with Crippen LogP contribution in [0.5, 0.6) is 0 Å². The maximum atomic E-state index is 12.5. The first-order valence-corrected chi connectivity index (χ1v) is 8.86. The molecular formula is C24H17N3O. The summed E-state index contributed by atoms with van der Waals surface area (Å²) in [4.78, 5) is 16.7. The van der Waals surface area contributed by atoms with Gasteiger partial charge < -0.3 is 9.88 Å². The van der Waals surface area contributed by atoms with Gasteiger partial charge in [0.1, 0.15) is 5.69 Å². The Kier molecular flexibility index (Phi) is 4.99. The highest BCUT2D eigenvalue weighted by molar-refractivity contribution is 6.04. The summed E-state index contributed by atoms with van der Waals surface area (Å²) in [7, 11) is 0. The number of carbonyl (C=O) groups excluding carboxylic acids is 1. The topological polar surface area (TPSA) is 46.9 Å². The van der Waals surface area contributed by atoms with Crippen molar-refractivity contribution in [3.63, 3.8) is 0 Å². The molecule has 0 saturated heterocycles. The van der Waals surface area contributed by atoms with Crippen molar-refractivity contribution in [1.29, 1.82) is 0 Å². The van der Waals surface area contributed by atoms with Crippen LogP contribution in [0.15, 0.2) is 97.5 Å². The molecule has 1 N–H and O–H groups in total. The van der Waals surface area contributed by atoms with E-state index in [1.165, 1.54) is 0 Å². The lowest BCUT2D eigenvalue weighted by atomic mass is 10.1. The second-order valence-electron chi connectivity index (χ2n) is 6.14. The third-order valence-corrected chi connectivity index (χ3v) is 4.15. The van der Waals surface area contributed by atoms with Crippen LogP contribution in [0, 0.1) is 11.8 Å². The minimum absolute atomic E-state index is 0.158. The Labute approximate surface area is 163 Å². The van der Waals surface area contributed by atoms with Gasteiger partial charge in [0.05, 0.1) is 0 Å². The Morgan fingerprint density at radius 3 is 2.43 bits per heavy atom. The molecule has 0 atom stereocenters. The molecule has 2 aromatic heterocycles. The molecule has 134 valence electrons. The van der Waals surface area contributed by atoms with Crippen molar-refractivity contribution in [3.8, 4) is 17.5 Å². The van der Waals surface area contributed by atoms with Gasteiger partial charge in [0.15, 0.2) is 0 Å². The number of pyridine rings is 1. The van der Waals surface area contributed by atoms with Crippen molar-refractivity contribution < 1.29 is 4.79 Å². The van der Waals surface area contributed by atoms with Crippen LogP contribution >= 0.6 is 0 Å². The maximum Gasteiger partial charge on any atom is 0.255 e. The zero-order valence-corrected chi connectivity index (χ0v) is 15.0. The second kappa shape index (κ2) is 8.07. The average Bonchev–Trinajstić information content (AvgIpc) is 3.28. The molecule has 0 saturated carbocycles. The standard InChI is InChI=1S/C24H17N3O/c28-24(20-10-13-23(14-11-20)27-16-3-4-17-27)26-22-8-5-6-19(18-22)9-12-21-7-1-2-15-25-21/h1-8,10-11,13-18H,(H,26,28). The zero-order valence-electron chi connectivity index (χ0n) is 15.0. The van der Waals surface area contributed by atoms with Crippen LogP contribution in [0.25, 0.3) is 5.69 Å². The monoisotopic (exact) mass is 363 g/mol. The summed E-state index contributed by atoms with van der Waals surface area (Å²) < 4.78 is 1.99. The highest BCUT2D eigenvalue weighted by Crippen LogP contribution is 2.14. The van der Waals surface area contributed by atoms with Gasteiger partial charge in [0.25, 0.3) is 5.91 Å². The fourth-order valence-corrected chi connectivity index (χ4v) is 2.74.